The average molecular weight is 592 g/mol. The minimum Gasteiger partial charge on any atom is -0.437 e. The molecule has 0 fully saturated rings. The van der Waals surface area contributed by atoms with E-state index in [2.05, 4.69) is 40.2 Å². The van der Waals surface area contributed by atoms with Crippen molar-refractivity contribution in [3.8, 4) is 11.6 Å². The van der Waals surface area contributed by atoms with E-state index in [0.717, 1.165) is 17.8 Å². The van der Waals surface area contributed by atoms with Crippen LogP contribution in [0.1, 0.15) is 25.1 Å². The van der Waals surface area contributed by atoms with Gasteiger partial charge in [-0.15, -0.1) is 0 Å². The summed E-state index contributed by atoms with van der Waals surface area (Å²) in [4.78, 5) is 21.1. The monoisotopic (exact) mass is 591 g/mol. The Kier molecular flexibility index (Phi) is 7.89. The largest absolute Gasteiger partial charge is 0.437 e. The smallest absolute Gasteiger partial charge is 0.416 e. The quantitative estimate of drug-likeness (QED) is 0.212. The van der Waals surface area contributed by atoms with Gasteiger partial charge >= 0.3 is 12.2 Å². The first-order valence-corrected chi connectivity index (χ1v) is 16.1. The molecule has 0 saturated heterocycles. The molecule has 40 heavy (non-hydrogen) atoms. The van der Waals surface area contributed by atoms with Crippen LogP contribution in [-0.2, 0) is 23.3 Å². The van der Waals surface area contributed by atoms with Gasteiger partial charge in [0.1, 0.15) is 17.6 Å². The lowest BCUT2D eigenvalue weighted by molar-refractivity contribution is -0.137. The zero-order chi connectivity index (χ0) is 29.5. The number of fused-ring (bicyclic) bond motifs is 1. The van der Waals surface area contributed by atoms with Crippen molar-refractivity contribution in [3.05, 3.63) is 71.1 Å². The Morgan fingerprint density at radius 1 is 1.02 bits per heavy atom. The highest BCUT2D eigenvalue weighted by Gasteiger charge is 2.33. The molecule has 0 saturated carbocycles. The first kappa shape index (κ1) is 29.4. The standard InChI is InChI=1S/C27H29ClF3N5O3Si/c1-26(2,39-40(4,5)6)22-14-21-23(36(22)3)24(33-15-32-21)38-18-10-11-20(19(28)13-18)35-25(37)34-17-9-7-8-16(12-17)27(29,30)31/h7-15H,1-6H3,(H2,34,35,37). The fourth-order valence-electron chi connectivity index (χ4n) is 4.44. The molecule has 4 rings (SSSR count). The second-order valence-corrected chi connectivity index (χ2v) is 15.5. The van der Waals surface area contributed by atoms with E-state index >= 15 is 0 Å². The number of amides is 2. The number of nitrogens with one attached hydrogen (secondary N) is 2. The highest BCUT2D eigenvalue weighted by molar-refractivity contribution is 6.69. The number of ether oxygens (including phenoxy) is 1. The van der Waals surface area contributed by atoms with Crippen molar-refractivity contribution in [3.63, 3.8) is 0 Å². The van der Waals surface area contributed by atoms with E-state index in [4.69, 9.17) is 20.8 Å². The van der Waals surface area contributed by atoms with Gasteiger partial charge in [0.15, 0.2) is 8.32 Å². The topological polar surface area (TPSA) is 90.3 Å². The number of rotatable bonds is 7. The number of anilines is 2. The molecule has 0 aliphatic carbocycles. The summed E-state index contributed by atoms with van der Waals surface area (Å²) in [6, 6.07) is 10.1. The van der Waals surface area contributed by atoms with E-state index in [9.17, 15) is 18.0 Å². The number of carbonyl (C=O) groups excluding carboxylic acids is 1. The van der Waals surface area contributed by atoms with Crippen LogP contribution in [0.3, 0.4) is 0 Å². The molecule has 2 heterocycles. The average Bonchev–Trinajstić information content (AvgIpc) is 3.17. The summed E-state index contributed by atoms with van der Waals surface area (Å²) in [5.74, 6) is 0.663. The molecule has 2 amide bonds. The Labute approximate surface area is 235 Å². The lowest BCUT2D eigenvalue weighted by atomic mass is 10.1. The van der Waals surface area contributed by atoms with Gasteiger partial charge in [0.05, 0.1) is 33.1 Å². The van der Waals surface area contributed by atoms with E-state index in [0.29, 0.717) is 22.7 Å². The van der Waals surface area contributed by atoms with Crippen molar-refractivity contribution in [1.82, 2.24) is 14.5 Å². The third-order valence-electron chi connectivity index (χ3n) is 5.82. The van der Waals surface area contributed by atoms with Crippen LogP contribution in [0.2, 0.25) is 24.7 Å². The Morgan fingerprint density at radius 2 is 1.75 bits per heavy atom. The summed E-state index contributed by atoms with van der Waals surface area (Å²) in [6.45, 7) is 10.4. The lowest BCUT2D eigenvalue weighted by Crippen LogP contribution is -2.37. The van der Waals surface area contributed by atoms with E-state index in [1.165, 1.54) is 30.6 Å². The lowest BCUT2D eigenvalue weighted by Gasteiger charge is -2.33. The molecule has 0 aliphatic heterocycles. The number of alkyl halides is 3. The second kappa shape index (κ2) is 10.8. The number of aromatic nitrogens is 3. The van der Waals surface area contributed by atoms with Crippen molar-refractivity contribution in [2.45, 2.75) is 45.3 Å². The Balaban J connectivity index is 1.52. The Hall–Kier alpha value is -3.61. The fourth-order valence-corrected chi connectivity index (χ4v) is 6.30. The van der Waals surface area contributed by atoms with E-state index < -0.39 is 31.7 Å². The zero-order valence-electron chi connectivity index (χ0n) is 22.8. The van der Waals surface area contributed by atoms with Crippen LogP contribution < -0.4 is 15.4 Å². The summed E-state index contributed by atoms with van der Waals surface area (Å²) < 4.78 is 53.3. The van der Waals surface area contributed by atoms with Crippen LogP contribution >= 0.6 is 11.6 Å². The molecule has 0 spiro atoms. The van der Waals surface area contributed by atoms with Crippen LogP contribution in [0.5, 0.6) is 11.6 Å². The third kappa shape index (κ3) is 6.74. The van der Waals surface area contributed by atoms with Crippen LogP contribution in [0, 0.1) is 0 Å². The number of halogens is 4. The molecule has 0 bridgehead atoms. The molecule has 0 atom stereocenters. The Morgan fingerprint density at radius 3 is 2.40 bits per heavy atom. The van der Waals surface area contributed by atoms with Crippen LogP contribution in [-0.4, -0.2) is 28.9 Å². The van der Waals surface area contributed by atoms with Crippen molar-refractivity contribution < 1.29 is 27.1 Å². The van der Waals surface area contributed by atoms with Crippen molar-refractivity contribution in [1.29, 1.82) is 0 Å². The molecular formula is C27H29ClF3N5O3Si. The van der Waals surface area contributed by atoms with Gasteiger partial charge in [0.25, 0.3) is 0 Å². The molecule has 13 heteroatoms. The number of urea groups is 1. The predicted octanol–water partition coefficient (Wildman–Crippen LogP) is 8.16. The zero-order valence-corrected chi connectivity index (χ0v) is 24.5. The molecule has 0 aliphatic rings. The van der Waals surface area contributed by atoms with Gasteiger partial charge in [-0.05, 0) is 69.9 Å². The molecule has 2 N–H and O–H groups in total. The SMILES string of the molecule is Cn1c(C(C)(C)O[Si](C)(C)C)cc2ncnc(Oc3ccc(NC(=O)Nc4cccc(C(F)(F)F)c4)c(Cl)c3)c21. The van der Waals surface area contributed by atoms with Crippen molar-refractivity contribution >= 4 is 48.4 Å². The first-order valence-electron chi connectivity index (χ1n) is 12.3. The van der Waals surface area contributed by atoms with Crippen molar-refractivity contribution in [2.24, 2.45) is 7.05 Å². The van der Waals surface area contributed by atoms with Crippen LogP contribution in [0.4, 0.5) is 29.3 Å². The molecule has 2 aromatic carbocycles. The third-order valence-corrected chi connectivity index (χ3v) is 7.25. The van der Waals surface area contributed by atoms with E-state index in [1.807, 2.05) is 31.5 Å². The van der Waals surface area contributed by atoms with Gasteiger partial charge in [-0.2, -0.15) is 18.2 Å². The maximum atomic E-state index is 12.9. The molecule has 2 aromatic heterocycles. The molecular weight excluding hydrogens is 563 g/mol. The summed E-state index contributed by atoms with van der Waals surface area (Å²) in [7, 11) is 0.0425. The van der Waals surface area contributed by atoms with Crippen LogP contribution in [0.15, 0.2) is 54.9 Å². The highest BCUT2D eigenvalue weighted by atomic mass is 35.5. The molecule has 0 radical (unpaired) electrons. The maximum Gasteiger partial charge on any atom is 0.416 e. The number of hydrogen-bond donors (Lipinski definition) is 2. The fraction of sp³-hybridized carbons (Fsp3) is 0.296. The number of nitrogens with zero attached hydrogens (tertiary/aromatic N) is 3. The summed E-state index contributed by atoms with van der Waals surface area (Å²) in [5, 5.41) is 5.05. The first-order chi connectivity index (χ1) is 18.5. The normalized spacial score (nSPS) is 12.4. The minimum atomic E-state index is -4.53. The summed E-state index contributed by atoms with van der Waals surface area (Å²) in [5.41, 5.74) is 1.05. The van der Waals surface area contributed by atoms with Gasteiger partial charge in [-0.3, -0.25) is 0 Å². The summed E-state index contributed by atoms with van der Waals surface area (Å²) >= 11 is 6.38. The number of carbonyl (C=O) groups is 1. The van der Waals surface area contributed by atoms with Crippen LogP contribution in [0.25, 0.3) is 11.0 Å². The summed E-state index contributed by atoms with van der Waals surface area (Å²) in [6.07, 6.45) is -3.12. The van der Waals surface area contributed by atoms with Gasteiger partial charge in [0.2, 0.25) is 5.88 Å². The van der Waals surface area contributed by atoms with Gasteiger partial charge in [-0.25, -0.2) is 9.78 Å². The Bertz CT molecular complexity index is 1570. The van der Waals surface area contributed by atoms with Gasteiger partial charge in [0, 0.05) is 18.8 Å². The number of aryl methyl sites for hydroxylation is 1. The number of benzene rings is 2. The highest BCUT2D eigenvalue weighted by Crippen LogP contribution is 2.37. The maximum absolute atomic E-state index is 12.9. The molecule has 4 aromatic rings. The predicted molar refractivity (Wildman–Crippen MR) is 152 cm³/mol. The minimum absolute atomic E-state index is 0.0171. The molecule has 0 unspecified atom stereocenters. The second-order valence-electron chi connectivity index (χ2n) is 10.6. The number of hydrogen-bond acceptors (Lipinski definition) is 5. The molecule has 8 nitrogen and oxygen atoms in total. The van der Waals surface area contributed by atoms with Crippen molar-refractivity contribution in [2.75, 3.05) is 10.6 Å². The van der Waals surface area contributed by atoms with Gasteiger partial charge in [-0.1, -0.05) is 17.7 Å². The van der Waals surface area contributed by atoms with E-state index in [-0.39, 0.29) is 16.4 Å². The van der Waals surface area contributed by atoms with E-state index in [1.54, 1.807) is 6.07 Å². The van der Waals surface area contributed by atoms with Gasteiger partial charge < -0.3 is 24.4 Å². The molecule has 212 valence electrons.